The molecule has 35 heavy (non-hydrogen) atoms. The molecule has 0 aliphatic carbocycles. The highest BCUT2D eigenvalue weighted by Gasteiger charge is 2.40. The van der Waals surface area contributed by atoms with Gasteiger partial charge in [-0.05, 0) is 45.0 Å². The van der Waals surface area contributed by atoms with E-state index in [1.54, 1.807) is 32.2 Å². The first-order valence-corrected chi connectivity index (χ1v) is 13.2. The molecule has 0 aromatic heterocycles. The molecule has 2 aliphatic heterocycles. The van der Waals surface area contributed by atoms with Gasteiger partial charge in [-0.2, -0.15) is 0 Å². The van der Waals surface area contributed by atoms with Gasteiger partial charge < -0.3 is 28.8 Å². The van der Waals surface area contributed by atoms with Crippen molar-refractivity contribution >= 4 is 22.8 Å². The molecule has 0 radical (unpaired) electrons. The number of piperidine rings is 1. The number of thioether (sulfide) groups is 1. The van der Waals surface area contributed by atoms with Crippen LogP contribution >= 0.6 is 11.8 Å². The highest BCUT2D eigenvalue weighted by Crippen LogP contribution is 2.36. The van der Waals surface area contributed by atoms with Crippen molar-refractivity contribution in [3.05, 3.63) is 23.8 Å². The number of ether oxygens (including phenoxy) is 5. The average Bonchev–Trinajstić information content (AvgIpc) is 3.26. The summed E-state index contributed by atoms with van der Waals surface area (Å²) in [5.41, 5.74) is -0.370. The minimum Gasteiger partial charge on any atom is -0.507 e. The summed E-state index contributed by atoms with van der Waals surface area (Å²) in [4.78, 5) is 19.7. The van der Waals surface area contributed by atoms with E-state index in [9.17, 15) is 9.90 Å². The van der Waals surface area contributed by atoms with Crippen LogP contribution < -0.4 is 4.74 Å². The van der Waals surface area contributed by atoms with Crippen LogP contribution in [0.5, 0.6) is 11.5 Å². The van der Waals surface area contributed by atoms with Crippen LogP contribution in [0.2, 0.25) is 0 Å². The van der Waals surface area contributed by atoms with E-state index in [0.717, 1.165) is 19.6 Å². The van der Waals surface area contributed by atoms with Crippen molar-refractivity contribution in [1.82, 2.24) is 4.90 Å². The summed E-state index contributed by atoms with van der Waals surface area (Å²) in [6.07, 6.45) is 3.70. The van der Waals surface area contributed by atoms with Gasteiger partial charge in [-0.1, -0.05) is 6.42 Å². The quantitative estimate of drug-likeness (QED) is 0.282. The first kappa shape index (κ1) is 27.7. The monoisotopic (exact) mass is 510 g/mol. The lowest BCUT2D eigenvalue weighted by molar-refractivity contribution is -0.148. The van der Waals surface area contributed by atoms with Crippen LogP contribution in [0.4, 0.5) is 0 Å². The van der Waals surface area contributed by atoms with Crippen LogP contribution in [-0.4, -0.2) is 105 Å². The average molecular weight is 511 g/mol. The van der Waals surface area contributed by atoms with Gasteiger partial charge >= 0.3 is 5.97 Å². The van der Waals surface area contributed by atoms with E-state index in [1.807, 2.05) is 0 Å². The van der Waals surface area contributed by atoms with E-state index >= 15 is 0 Å². The number of esters is 1. The molecule has 1 aromatic carbocycles. The van der Waals surface area contributed by atoms with Gasteiger partial charge in [0, 0.05) is 31.0 Å². The zero-order valence-corrected chi connectivity index (χ0v) is 21.6. The van der Waals surface area contributed by atoms with Crippen molar-refractivity contribution in [3.8, 4) is 11.5 Å². The Bertz CT molecular complexity index is 832. The van der Waals surface area contributed by atoms with E-state index in [2.05, 4.69) is 9.89 Å². The number of rotatable bonds is 15. The molecule has 1 saturated heterocycles. The molecule has 0 amide bonds. The van der Waals surface area contributed by atoms with Crippen molar-refractivity contribution in [1.29, 1.82) is 0 Å². The van der Waals surface area contributed by atoms with Gasteiger partial charge in [-0.25, -0.2) is 4.79 Å². The summed E-state index contributed by atoms with van der Waals surface area (Å²) in [6.45, 7) is 7.94. The number of aliphatic imine (C=N–C) groups is 1. The van der Waals surface area contributed by atoms with Crippen molar-refractivity contribution in [2.75, 3.05) is 78.7 Å². The zero-order chi connectivity index (χ0) is 24.9. The summed E-state index contributed by atoms with van der Waals surface area (Å²) in [5, 5.41) is 11.2. The third kappa shape index (κ3) is 8.95. The van der Waals surface area contributed by atoms with Crippen LogP contribution in [0, 0.1) is 0 Å². The fourth-order valence-electron chi connectivity index (χ4n) is 3.81. The molecule has 2 aliphatic rings. The van der Waals surface area contributed by atoms with Crippen LogP contribution in [0.25, 0.3) is 0 Å². The Kier molecular flexibility index (Phi) is 11.6. The predicted octanol–water partition coefficient (Wildman–Crippen LogP) is 2.73. The predicted molar refractivity (Wildman–Crippen MR) is 136 cm³/mol. The molecule has 1 N–H and O–H groups in total. The summed E-state index contributed by atoms with van der Waals surface area (Å²) in [7, 11) is 1.63. The molecular weight excluding hydrogens is 472 g/mol. The summed E-state index contributed by atoms with van der Waals surface area (Å²) < 4.78 is 26.9. The Morgan fingerprint density at radius 3 is 2.49 bits per heavy atom. The maximum absolute atomic E-state index is 12.7. The number of phenolic OH excluding ortho intramolecular Hbond substituents is 1. The highest BCUT2D eigenvalue weighted by atomic mass is 32.2. The molecule has 2 heterocycles. The van der Waals surface area contributed by atoms with E-state index in [-0.39, 0.29) is 11.7 Å². The van der Waals surface area contributed by atoms with Gasteiger partial charge in [-0.3, -0.25) is 9.89 Å². The molecule has 9 nitrogen and oxygen atoms in total. The smallest absolute Gasteiger partial charge is 0.334 e. The molecule has 0 saturated carbocycles. The lowest BCUT2D eigenvalue weighted by atomic mass is 10.1. The topological polar surface area (TPSA) is 99.0 Å². The summed E-state index contributed by atoms with van der Waals surface area (Å²) >= 11 is 1.44. The molecular formula is C25H38N2O7S. The third-order valence-corrected chi connectivity index (χ3v) is 7.16. The van der Waals surface area contributed by atoms with Crippen LogP contribution in [0.15, 0.2) is 23.2 Å². The Balaban J connectivity index is 1.41. The van der Waals surface area contributed by atoms with Gasteiger partial charge in [0.2, 0.25) is 0 Å². The minimum atomic E-state index is -0.950. The van der Waals surface area contributed by atoms with Crippen LogP contribution in [0.3, 0.4) is 0 Å². The Morgan fingerprint density at radius 2 is 1.77 bits per heavy atom. The van der Waals surface area contributed by atoms with Crippen molar-refractivity contribution in [3.63, 3.8) is 0 Å². The van der Waals surface area contributed by atoms with Gasteiger partial charge in [0.15, 0.2) is 5.54 Å². The Morgan fingerprint density at radius 1 is 1.06 bits per heavy atom. The number of carbonyl (C=O) groups excluding carboxylic acids is 1. The van der Waals surface area contributed by atoms with Gasteiger partial charge in [0.05, 0.1) is 33.0 Å². The number of nitrogens with zero attached hydrogens (tertiary/aromatic N) is 2. The molecule has 1 unspecified atom stereocenters. The number of benzene rings is 1. The van der Waals surface area contributed by atoms with Crippen molar-refractivity contribution < 1.29 is 33.6 Å². The van der Waals surface area contributed by atoms with Gasteiger partial charge in [0.25, 0.3) is 0 Å². The maximum atomic E-state index is 12.7. The van der Waals surface area contributed by atoms with E-state index in [0.29, 0.717) is 68.4 Å². The largest absolute Gasteiger partial charge is 0.507 e. The lowest BCUT2D eigenvalue weighted by Gasteiger charge is -2.26. The first-order valence-electron chi connectivity index (χ1n) is 12.2. The second-order valence-electron chi connectivity index (χ2n) is 8.76. The van der Waals surface area contributed by atoms with E-state index in [4.69, 9.17) is 23.7 Å². The highest BCUT2D eigenvalue weighted by molar-refractivity contribution is 8.14. The Hall–Kier alpha value is -1.85. The van der Waals surface area contributed by atoms with Crippen molar-refractivity contribution in [2.24, 2.45) is 4.99 Å². The molecule has 0 spiro atoms. The van der Waals surface area contributed by atoms with E-state index in [1.165, 1.54) is 31.0 Å². The SMILES string of the molecule is COCCOCCOCCOc1ccc(C2=NC(C)(C(=O)OCCN3CCCCC3)CS2)c(O)c1. The summed E-state index contributed by atoms with van der Waals surface area (Å²) in [6, 6.07) is 5.09. The number of hydrogen-bond acceptors (Lipinski definition) is 10. The molecule has 196 valence electrons. The number of likely N-dealkylation sites (tertiary alicyclic amines) is 1. The number of aromatic hydroxyl groups is 1. The second-order valence-corrected chi connectivity index (χ2v) is 9.73. The minimum absolute atomic E-state index is 0.0592. The maximum Gasteiger partial charge on any atom is 0.334 e. The molecule has 3 rings (SSSR count). The molecule has 1 atom stereocenters. The fourth-order valence-corrected chi connectivity index (χ4v) is 5.01. The standard InChI is InChI=1S/C25H38N2O7S/c1-25(24(29)34-11-10-27-8-4-3-5-9-27)19-35-23(26-25)21-7-6-20(18-22(21)28)33-17-16-32-15-14-31-13-12-30-2/h6-7,18,28H,3-5,8-17,19H2,1-2H3. The Labute approximate surface area is 212 Å². The van der Waals surface area contributed by atoms with Gasteiger partial charge in [0.1, 0.15) is 29.8 Å². The van der Waals surface area contributed by atoms with Crippen LogP contribution in [-0.2, 0) is 23.7 Å². The number of phenols is 1. The van der Waals surface area contributed by atoms with Crippen LogP contribution in [0.1, 0.15) is 31.7 Å². The third-order valence-electron chi connectivity index (χ3n) is 5.87. The molecule has 1 aromatic rings. The number of methoxy groups -OCH3 is 1. The summed E-state index contributed by atoms with van der Waals surface area (Å²) in [5.74, 6) is 0.758. The molecule has 0 bridgehead atoms. The second kappa shape index (κ2) is 14.6. The number of hydrogen-bond donors (Lipinski definition) is 1. The first-order chi connectivity index (χ1) is 17.0. The van der Waals surface area contributed by atoms with E-state index < -0.39 is 5.54 Å². The fraction of sp³-hybridized carbons (Fsp3) is 0.680. The van der Waals surface area contributed by atoms with Crippen molar-refractivity contribution in [2.45, 2.75) is 31.7 Å². The molecule has 10 heteroatoms. The van der Waals surface area contributed by atoms with Gasteiger partial charge in [-0.15, -0.1) is 11.8 Å². The molecule has 1 fully saturated rings. The number of carbonyl (C=O) groups is 1. The normalized spacial score (nSPS) is 20.6. The lowest BCUT2D eigenvalue weighted by Crippen LogP contribution is -2.38. The zero-order valence-electron chi connectivity index (χ0n) is 20.8.